The summed E-state index contributed by atoms with van der Waals surface area (Å²) in [7, 11) is -4.21. The summed E-state index contributed by atoms with van der Waals surface area (Å²) >= 11 is 10.6. The number of benzene rings is 3. The van der Waals surface area contributed by atoms with Gasteiger partial charge in [-0.25, -0.2) is 18.1 Å². The number of aromatic nitrogens is 2. The number of hydrogen-bond donors (Lipinski definition) is 4. The van der Waals surface area contributed by atoms with Crippen LogP contribution in [0.5, 0.6) is 0 Å². The third-order valence-electron chi connectivity index (χ3n) is 7.26. The zero-order chi connectivity index (χ0) is 32.4. The first-order valence-corrected chi connectivity index (χ1v) is 17.1. The van der Waals surface area contributed by atoms with Gasteiger partial charge in [0, 0.05) is 31.5 Å². The van der Waals surface area contributed by atoms with E-state index in [9.17, 15) is 23.1 Å². The number of imidazole rings is 1. The molecule has 0 fully saturated rings. The number of aryl methyl sites for hydroxylation is 1. The summed E-state index contributed by atoms with van der Waals surface area (Å²) in [6.45, 7) is 2.27. The maximum atomic E-state index is 13.3. The average molecular weight is 669 g/mol. The lowest BCUT2D eigenvalue weighted by Crippen LogP contribution is -2.37. The SMILES string of the molecule is CCCCc1nc(Cl)c(CO)n1Cc1ccc(-c2ccccc2S(=O)(=O)NC(=O)CCNC(=O)C(S)Cc2ccccc2)cc1. The fourth-order valence-corrected chi connectivity index (χ4v) is 6.69. The molecule has 0 aliphatic heterocycles. The van der Waals surface area contributed by atoms with Crippen molar-refractivity contribution in [2.24, 2.45) is 0 Å². The number of thiol groups is 1. The Labute approximate surface area is 274 Å². The van der Waals surface area contributed by atoms with E-state index in [2.05, 4.69) is 34.6 Å². The smallest absolute Gasteiger partial charge is 0.264 e. The Balaban J connectivity index is 1.40. The molecular weight excluding hydrogens is 632 g/mol. The fraction of sp³-hybridized carbons (Fsp3) is 0.303. The quantitative estimate of drug-likeness (QED) is 0.133. The molecule has 0 saturated carbocycles. The molecule has 4 rings (SSSR count). The van der Waals surface area contributed by atoms with Gasteiger partial charge in [-0.1, -0.05) is 97.7 Å². The highest BCUT2D eigenvalue weighted by Gasteiger charge is 2.22. The summed E-state index contributed by atoms with van der Waals surface area (Å²) in [6, 6.07) is 23.3. The standard InChI is InChI=1S/C33H37ClN4O5S2/c1-2-3-13-30-36-32(34)27(22-39)38(30)21-24-14-16-25(17-15-24)26-11-7-8-12-29(26)45(42,43)37-31(40)18-19-35-33(41)28(44)20-23-9-5-4-6-10-23/h4-12,14-17,28,39,44H,2-3,13,18-22H2,1H3,(H,35,41)(H,37,40). The van der Waals surface area contributed by atoms with Crippen LogP contribution in [0.25, 0.3) is 11.1 Å². The van der Waals surface area contributed by atoms with Gasteiger partial charge in [0.25, 0.3) is 10.0 Å². The second-order valence-electron chi connectivity index (χ2n) is 10.6. The molecule has 1 unspecified atom stereocenters. The van der Waals surface area contributed by atoms with Crippen molar-refractivity contribution in [3.8, 4) is 11.1 Å². The van der Waals surface area contributed by atoms with Gasteiger partial charge in [-0.15, -0.1) is 0 Å². The first kappa shape index (κ1) is 34.2. The van der Waals surface area contributed by atoms with E-state index in [-0.39, 0.29) is 35.5 Å². The number of rotatable bonds is 15. The summed E-state index contributed by atoms with van der Waals surface area (Å²) in [6.07, 6.45) is 2.89. The summed E-state index contributed by atoms with van der Waals surface area (Å²) in [5.74, 6) is -0.274. The maximum absolute atomic E-state index is 13.3. The van der Waals surface area contributed by atoms with Crippen LogP contribution >= 0.6 is 24.2 Å². The lowest BCUT2D eigenvalue weighted by atomic mass is 10.0. The molecule has 45 heavy (non-hydrogen) atoms. The van der Waals surface area contributed by atoms with Gasteiger partial charge in [0.1, 0.15) is 5.82 Å². The molecule has 238 valence electrons. The summed E-state index contributed by atoms with van der Waals surface area (Å²) < 4.78 is 30.6. The molecule has 2 amide bonds. The maximum Gasteiger partial charge on any atom is 0.264 e. The molecule has 4 aromatic rings. The van der Waals surface area contributed by atoms with Crippen LogP contribution in [-0.2, 0) is 45.6 Å². The van der Waals surface area contributed by atoms with Crippen molar-refractivity contribution in [1.29, 1.82) is 0 Å². The van der Waals surface area contributed by atoms with E-state index in [0.717, 1.165) is 36.2 Å². The minimum Gasteiger partial charge on any atom is -0.390 e. The van der Waals surface area contributed by atoms with Crippen LogP contribution in [0.2, 0.25) is 5.15 Å². The van der Waals surface area contributed by atoms with Gasteiger partial charge < -0.3 is 15.0 Å². The van der Waals surface area contributed by atoms with Crippen molar-refractivity contribution >= 4 is 46.1 Å². The van der Waals surface area contributed by atoms with E-state index in [1.54, 1.807) is 18.2 Å². The van der Waals surface area contributed by atoms with Gasteiger partial charge in [0.15, 0.2) is 5.15 Å². The molecule has 0 radical (unpaired) electrons. The van der Waals surface area contributed by atoms with E-state index in [1.165, 1.54) is 6.07 Å². The number of aliphatic hydroxyl groups excluding tert-OH is 1. The Hall–Kier alpha value is -3.64. The first-order valence-electron chi connectivity index (χ1n) is 14.7. The zero-order valence-corrected chi connectivity index (χ0v) is 27.4. The number of amides is 2. The van der Waals surface area contributed by atoms with E-state index < -0.39 is 21.2 Å². The van der Waals surface area contributed by atoms with E-state index >= 15 is 0 Å². The Morgan fingerprint density at radius 3 is 2.38 bits per heavy atom. The minimum absolute atomic E-state index is 0.0323. The summed E-state index contributed by atoms with van der Waals surface area (Å²) in [5, 5.41) is 12.2. The number of unbranched alkanes of at least 4 members (excludes halogenated alkanes) is 1. The van der Waals surface area contributed by atoms with Crippen molar-refractivity contribution in [2.75, 3.05) is 6.54 Å². The second kappa shape index (κ2) is 16.1. The fourth-order valence-electron chi connectivity index (χ4n) is 4.88. The van der Waals surface area contributed by atoms with Crippen LogP contribution in [0.1, 0.15) is 48.8 Å². The highest BCUT2D eigenvalue weighted by atomic mass is 35.5. The second-order valence-corrected chi connectivity index (χ2v) is 13.2. The number of halogens is 1. The number of aliphatic hydroxyl groups is 1. The Morgan fingerprint density at radius 2 is 1.69 bits per heavy atom. The van der Waals surface area contributed by atoms with Crippen molar-refractivity contribution in [3.05, 3.63) is 107 Å². The lowest BCUT2D eigenvalue weighted by molar-refractivity contribution is -0.121. The molecule has 1 aromatic heterocycles. The van der Waals surface area contributed by atoms with Crippen LogP contribution in [0, 0.1) is 0 Å². The number of nitrogens with one attached hydrogen (secondary N) is 2. The van der Waals surface area contributed by atoms with Crippen LogP contribution in [0.15, 0.2) is 83.8 Å². The molecule has 0 aliphatic carbocycles. The van der Waals surface area contributed by atoms with Gasteiger partial charge in [-0.2, -0.15) is 12.6 Å². The molecule has 1 heterocycles. The predicted molar refractivity (Wildman–Crippen MR) is 179 cm³/mol. The van der Waals surface area contributed by atoms with E-state index in [1.807, 2.05) is 59.2 Å². The Kier molecular flexibility index (Phi) is 12.2. The molecule has 3 N–H and O–H groups in total. The van der Waals surface area contributed by atoms with Crippen molar-refractivity contribution < 1.29 is 23.1 Å². The van der Waals surface area contributed by atoms with Crippen LogP contribution in [0.3, 0.4) is 0 Å². The molecule has 0 aliphatic rings. The molecule has 3 aromatic carbocycles. The molecular formula is C33H37ClN4O5S2. The van der Waals surface area contributed by atoms with Crippen LogP contribution in [0.4, 0.5) is 0 Å². The zero-order valence-electron chi connectivity index (χ0n) is 24.9. The topological polar surface area (TPSA) is 130 Å². The minimum atomic E-state index is -4.21. The monoisotopic (exact) mass is 668 g/mol. The highest BCUT2D eigenvalue weighted by molar-refractivity contribution is 7.90. The molecule has 0 bridgehead atoms. The molecule has 9 nitrogen and oxygen atoms in total. The summed E-state index contributed by atoms with van der Waals surface area (Å²) in [5.41, 5.74) is 3.51. The molecule has 0 saturated heterocycles. The number of carbonyl (C=O) groups is 2. The van der Waals surface area contributed by atoms with Crippen molar-refractivity contribution in [2.45, 2.75) is 62.3 Å². The molecule has 1 atom stereocenters. The van der Waals surface area contributed by atoms with Gasteiger partial charge in [0.2, 0.25) is 11.8 Å². The number of sulfonamides is 1. The highest BCUT2D eigenvalue weighted by Crippen LogP contribution is 2.28. The van der Waals surface area contributed by atoms with Crippen molar-refractivity contribution in [1.82, 2.24) is 19.6 Å². The largest absolute Gasteiger partial charge is 0.390 e. The number of nitrogens with zero attached hydrogens (tertiary/aromatic N) is 2. The predicted octanol–water partition coefficient (Wildman–Crippen LogP) is 4.94. The Bertz CT molecular complexity index is 1710. The third kappa shape index (κ3) is 9.20. The number of carbonyl (C=O) groups excluding carboxylic acids is 2. The van der Waals surface area contributed by atoms with Gasteiger partial charge in [0.05, 0.1) is 22.4 Å². The van der Waals surface area contributed by atoms with Crippen LogP contribution in [-0.4, -0.2) is 46.7 Å². The number of hydrogen-bond acceptors (Lipinski definition) is 7. The molecule has 12 heteroatoms. The van der Waals surface area contributed by atoms with Gasteiger partial charge in [-0.3, -0.25) is 9.59 Å². The summed E-state index contributed by atoms with van der Waals surface area (Å²) in [4.78, 5) is 29.4. The van der Waals surface area contributed by atoms with Gasteiger partial charge in [-0.05, 0) is 35.6 Å². The van der Waals surface area contributed by atoms with Crippen molar-refractivity contribution in [3.63, 3.8) is 0 Å². The lowest BCUT2D eigenvalue weighted by Gasteiger charge is -2.14. The molecule has 0 spiro atoms. The van der Waals surface area contributed by atoms with E-state index in [4.69, 9.17) is 11.6 Å². The third-order valence-corrected chi connectivity index (χ3v) is 9.41. The van der Waals surface area contributed by atoms with Gasteiger partial charge >= 0.3 is 0 Å². The van der Waals surface area contributed by atoms with E-state index in [0.29, 0.717) is 29.8 Å². The first-order chi connectivity index (χ1) is 21.6. The Morgan fingerprint density at radius 1 is 1.00 bits per heavy atom. The average Bonchev–Trinajstić information content (AvgIpc) is 3.33. The van der Waals surface area contributed by atoms with Crippen LogP contribution < -0.4 is 10.0 Å². The normalized spacial score (nSPS) is 12.1.